The summed E-state index contributed by atoms with van der Waals surface area (Å²) in [5.41, 5.74) is 2.90. The third-order valence-corrected chi connectivity index (χ3v) is 8.91. The summed E-state index contributed by atoms with van der Waals surface area (Å²) in [6, 6.07) is 20.1. The lowest BCUT2D eigenvalue weighted by molar-refractivity contribution is -0.105. The SMILES string of the molecule is C[C@H]1CC[C@H](N(Cc2cc(-c3ccc(NC=O)cc3)ccc2F)C(=O)c2sc3ccccc3c2Cl)CC1. The molecule has 2 amide bonds. The van der Waals surface area contributed by atoms with Gasteiger partial charge in [-0.15, -0.1) is 11.3 Å². The Balaban J connectivity index is 1.49. The van der Waals surface area contributed by atoms with Crippen LogP contribution in [0.5, 0.6) is 0 Å². The fourth-order valence-electron chi connectivity index (χ4n) is 5.09. The van der Waals surface area contributed by atoms with Crippen LogP contribution in [0.15, 0.2) is 66.7 Å². The number of hydrogen-bond donors (Lipinski definition) is 1. The zero-order chi connectivity index (χ0) is 25.9. The zero-order valence-corrected chi connectivity index (χ0v) is 22.1. The van der Waals surface area contributed by atoms with Crippen molar-refractivity contribution in [3.8, 4) is 11.1 Å². The number of nitrogens with one attached hydrogen (secondary N) is 1. The molecule has 1 aromatic heterocycles. The summed E-state index contributed by atoms with van der Waals surface area (Å²) in [6.45, 7) is 2.41. The molecule has 4 aromatic rings. The molecule has 1 fully saturated rings. The lowest BCUT2D eigenvalue weighted by Gasteiger charge is -2.36. The molecular formula is C30H28ClFN2O2S. The molecule has 1 N–H and O–H groups in total. The second-order valence-corrected chi connectivity index (χ2v) is 11.2. The second kappa shape index (κ2) is 11.0. The molecule has 190 valence electrons. The number of carbonyl (C=O) groups excluding carboxylic acids is 2. The summed E-state index contributed by atoms with van der Waals surface area (Å²) < 4.78 is 16.1. The van der Waals surface area contributed by atoms with Crippen LogP contribution in [0.1, 0.15) is 47.8 Å². The van der Waals surface area contributed by atoms with Gasteiger partial charge in [-0.25, -0.2) is 4.39 Å². The Kier molecular flexibility index (Phi) is 7.58. The van der Waals surface area contributed by atoms with E-state index in [2.05, 4.69) is 12.2 Å². The molecule has 3 aromatic carbocycles. The molecule has 1 aliphatic rings. The average molecular weight is 535 g/mol. The van der Waals surface area contributed by atoms with E-state index < -0.39 is 0 Å². The van der Waals surface area contributed by atoms with Crippen LogP contribution >= 0.6 is 22.9 Å². The van der Waals surface area contributed by atoms with Crippen LogP contribution in [0.4, 0.5) is 10.1 Å². The third-order valence-electron chi connectivity index (χ3n) is 7.25. The molecule has 4 nitrogen and oxygen atoms in total. The van der Waals surface area contributed by atoms with Gasteiger partial charge in [0.1, 0.15) is 10.7 Å². The molecule has 0 radical (unpaired) electrons. The fraction of sp³-hybridized carbons (Fsp3) is 0.267. The highest BCUT2D eigenvalue weighted by atomic mass is 35.5. The number of thiophene rings is 1. The first-order chi connectivity index (χ1) is 17.9. The Morgan fingerprint density at radius 2 is 1.76 bits per heavy atom. The van der Waals surface area contributed by atoms with Gasteiger partial charge in [0.2, 0.25) is 6.41 Å². The fourth-order valence-corrected chi connectivity index (χ4v) is 6.56. The minimum Gasteiger partial charge on any atom is -0.330 e. The Hall–Kier alpha value is -3.22. The van der Waals surface area contributed by atoms with Gasteiger partial charge < -0.3 is 10.2 Å². The predicted octanol–water partition coefficient (Wildman–Crippen LogP) is 8.15. The maximum atomic E-state index is 15.1. The van der Waals surface area contributed by atoms with Gasteiger partial charge in [-0.3, -0.25) is 9.59 Å². The molecule has 1 saturated carbocycles. The first kappa shape index (κ1) is 25.4. The zero-order valence-electron chi connectivity index (χ0n) is 20.5. The quantitative estimate of drug-likeness (QED) is 0.243. The minimum absolute atomic E-state index is 0.0294. The maximum Gasteiger partial charge on any atom is 0.266 e. The van der Waals surface area contributed by atoms with Crippen molar-refractivity contribution in [2.24, 2.45) is 5.92 Å². The molecule has 1 heterocycles. The van der Waals surface area contributed by atoms with Crippen LogP contribution in [0.25, 0.3) is 21.2 Å². The first-order valence-corrected chi connectivity index (χ1v) is 13.7. The van der Waals surface area contributed by atoms with Crippen LogP contribution in [0, 0.1) is 11.7 Å². The molecular weight excluding hydrogens is 507 g/mol. The Labute approximate surface area is 225 Å². The molecule has 1 aliphatic carbocycles. The Bertz CT molecular complexity index is 1430. The van der Waals surface area contributed by atoms with Gasteiger partial charge in [0.25, 0.3) is 5.91 Å². The normalized spacial score (nSPS) is 17.5. The largest absolute Gasteiger partial charge is 0.330 e. The minimum atomic E-state index is -0.340. The van der Waals surface area contributed by atoms with E-state index in [-0.39, 0.29) is 24.3 Å². The maximum absolute atomic E-state index is 15.1. The molecule has 0 spiro atoms. The number of nitrogens with zero attached hydrogens (tertiary/aromatic N) is 1. The molecule has 0 bridgehead atoms. The summed E-state index contributed by atoms with van der Waals surface area (Å²) >= 11 is 8.09. The van der Waals surface area contributed by atoms with Crippen molar-refractivity contribution < 1.29 is 14.0 Å². The van der Waals surface area contributed by atoms with Crippen molar-refractivity contribution in [1.82, 2.24) is 4.90 Å². The van der Waals surface area contributed by atoms with Crippen molar-refractivity contribution in [1.29, 1.82) is 0 Å². The number of anilines is 1. The van der Waals surface area contributed by atoms with E-state index in [1.807, 2.05) is 47.4 Å². The van der Waals surface area contributed by atoms with Crippen LogP contribution in [0.3, 0.4) is 0 Å². The Morgan fingerprint density at radius 1 is 1.05 bits per heavy atom. The van der Waals surface area contributed by atoms with E-state index >= 15 is 4.39 Å². The monoisotopic (exact) mass is 534 g/mol. The molecule has 0 aliphatic heterocycles. The van der Waals surface area contributed by atoms with E-state index in [0.717, 1.165) is 46.9 Å². The molecule has 7 heteroatoms. The van der Waals surface area contributed by atoms with Gasteiger partial charge in [0, 0.05) is 33.9 Å². The van der Waals surface area contributed by atoms with E-state index in [0.29, 0.717) is 33.5 Å². The van der Waals surface area contributed by atoms with Crippen molar-refractivity contribution in [2.45, 2.75) is 45.2 Å². The standard InChI is InChI=1S/C30H28ClFN2O2S/c1-19-6-13-24(14-7-19)34(30(36)29-28(31)25-4-2-3-5-27(25)37-29)17-22-16-21(10-15-26(22)32)20-8-11-23(12-9-20)33-18-35/h2-5,8-12,15-16,18-19,24H,6-7,13-14,17H2,1H3,(H,33,35)/t19-,24-. The van der Waals surface area contributed by atoms with E-state index in [1.54, 1.807) is 18.2 Å². The number of carbonyl (C=O) groups is 2. The molecule has 0 saturated heterocycles. The number of rotatable bonds is 7. The molecule has 0 unspecified atom stereocenters. The number of fused-ring (bicyclic) bond motifs is 1. The van der Waals surface area contributed by atoms with Gasteiger partial charge in [0.15, 0.2) is 0 Å². The van der Waals surface area contributed by atoms with Crippen LogP contribution in [-0.2, 0) is 11.3 Å². The van der Waals surface area contributed by atoms with Crippen molar-refractivity contribution in [2.75, 3.05) is 5.32 Å². The summed E-state index contributed by atoms with van der Waals surface area (Å²) in [5, 5.41) is 3.96. The predicted molar refractivity (Wildman–Crippen MR) is 150 cm³/mol. The summed E-state index contributed by atoms with van der Waals surface area (Å²) in [4.78, 5) is 27.0. The highest BCUT2D eigenvalue weighted by Crippen LogP contribution is 2.38. The molecule has 5 rings (SSSR count). The summed E-state index contributed by atoms with van der Waals surface area (Å²) in [5.74, 6) is 0.144. The van der Waals surface area contributed by atoms with Crippen LogP contribution in [0.2, 0.25) is 5.02 Å². The van der Waals surface area contributed by atoms with Gasteiger partial charge >= 0.3 is 0 Å². The first-order valence-electron chi connectivity index (χ1n) is 12.5. The van der Waals surface area contributed by atoms with E-state index in [1.165, 1.54) is 17.4 Å². The highest BCUT2D eigenvalue weighted by Gasteiger charge is 2.31. The number of hydrogen-bond acceptors (Lipinski definition) is 3. The van der Waals surface area contributed by atoms with E-state index in [4.69, 9.17) is 11.6 Å². The second-order valence-electron chi connectivity index (χ2n) is 9.73. The number of amides is 2. The molecule has 37 heavy (non-hydrogen) atoms. The highest BCUT2D eigenvalue weighted by molar-refractivity contribution is 7.21. The van der Waals surface area contributed by atoms with Crippen LogP contribution in [-0.4, -0.2) is 23.3 Å². The van der Waals surface area contributed by atoms with Gasteiger partial charge in [-0.05, 0) is 73.1 Å². The van der Waals surface area contributed by atoms with Gasteiger partial charge in [-0.2, -0.15) is 0 Å². The van der Waals surface area contributed by atoms with Gasteiger partial charge in [0.05, 0.1) is 5.02 Å². The molecule has 0 atom stereocenters. The van der Waals surface area contributed by atoms with Crippen molar-refractivity contribution >= 4 is 51.0 Å². The third kappa shape index (κ3) is 5.41. The lowest BCUT2D eigenvalue weighted by Crippen LogP contribution is -2.41. The summed E-state index contributed by atoms with van der Waals surface area (Å²) in [6.07, 6.45) is 4.49. The summed E-state index contributed by atoms with van der Waals surface area (Å²) in [7, 11) is 0. The van der Waals surface area contributed by atoms with Crippen molar-refractivity contribution in [3.63, 3.8) is 0 Å². The van der Waals surface area contributed by atoms with Crippen LogP contribution < -0.4 is 5.32 Å². The van der Waals surface area contributed by atoms with Gasteiger partial charge in [-0.1, -0.05) is 54.9 Å². The number of halogens is 2. The smallest absolute Gasteiger partial charge is 0.266 e. The van der Waals surface area contributed by atoms with Crippen molar-refractivity contribution in [3.05, 3.63) is 88.0 Å². The lowest BCUT2D eigenvalue weighted by atomic mass is 9.86. The Morgan fingerprint density at radius 3 is 2.46 bits per heavy atom. The number of benzene rings is 3. The average Bonchev–Trinajstić information content (AvgIpc) is 3.25. The van der Waals surface area contributed by atoms with E-state index in [9.17, 15) is 9.59 Å². The topological polar surface area (TPSA) is 49.4 Å².